The SMILES string of the molecule is O=C(Cc1ccc(F)cc1)Cn1cc(Br)c(=O)[nH]c1=O. The first-order chi connectivity index (χ1) is 9.45. The smallest absolute Gasteiger partial charge is 0.297 e. The Hall–Kier alpha value is -2.02. The Balaban J connectivity index is 2.12. The lowest BCUT2D eigenvalue weighted by molar-refractivity contribution is -0.119. The van der Waals surface area contributed by atoms with Gasteiger partial charge < -0.3 is 0 Å². The third kappa shape index (κ3) is 3.51. The first-order valence-electron chi connectivity index (χ1n) is 5.71. The van der Waals surface area contributed by atoms with Crippen molar-refractivity contribution < 1.29 is 9.18 Å². The normalized spacial score (nSPS) is 10.5. The van der Waals surface area contributed by atoms with Crippen LogP contribution in [0.25, 0.3) is 0 Å². The number of nitrogens with one attached hydrogen (secondary N) is 1. The first kappa shape index (κ1) is 14.4. The topological polar surface area (TPSA) is 71.9 Å². The number of nitrogens with zero attached hydrogens (tertiary/aromatic N) is 1. The molecule has 0 aliphatic heterocycles. The highest BCUT2D eigenvalue weighted by molar-refractivity contribution is 9.10. The maximum Gasteiger partial charge on any atom is 0.328 e. The van der Waals surface area contributed by atoms with Crippen molar-refractivity contribution in [1.82, 2.24) is 9.55 Å². The van der Waals surface area contributed by atoms with Gasteiger partial charge in [-0.05, 0) is 33.6 Å². The lowest BCUT2D eigenvalue weighted by Gasteiger charge is -2.05. The molecule has 2 rings (SSSR count). The van der Waals surface area contributed by atoms with Crippen LogP contribution in [0.5, 0.6) is 0 Å². The van der Waals surface area contributed by atoms with Crippen molar-refractivity contribution in [1.29, 1.82) is 0 Å². The molecule has 1 aromatic heterocycles. The molecule has 5 nitrogen and oxygen atoms in total. The highest BCUT2D eigenvalue weighted by Gasteiger charge is 2.08. The standard InChI is InChI=1S/C13H10BrFN2O3/c14-11-7-17(13(20)16-12(11)19)6-10(18)5-8-1-3-9(15)4-2-8/h1-4,7H,5-6H2,(H,16,19,20). The molecule has 2 aromatic rings. The lowest BCUT2D eigenvalue weighted by Crippen LogP contribution is -2.32. The fourth-order valence-electron chi connectivity index (χ4n) is 1.68. The maximum atomic E-state index is 12.7. The fourth-order valence-corrected chi connectivity index (χ4v) is 2.02. The second-order valence-corrected chi connectivity index (χ2v) is 5.06. The van der Waals surface area contributed by atoms with Gasteiger partial charge in [-0.1, -0.05) is 12.1 Å². The van der Waals surface area contributed by atoms with E-state index < -0.39 is 11.2 Å². The van der Waals surface area contributed by atoms with Crippen LogP contribution in [0.4, 0.5) is 4.39 Å². The van der Waals surface area contributed by atoms with Gasteiger partial charge >= 0.3 is 5.69 Å². The molecule has 0 aliphatic carbocycles. The minimum atomic E-state index is -0.648. The molecular weight excluding hydrogens is 331 g/mol. The molecule has 20 heavy (non-hydrogen) atoms. The predicted octanol–water partition coefficient (Wildman–Crippen LogP) is 1.25. The molecule has 1 heterocycles. The van der Waals surface area contributed by atoms with E-state index in [2.05, 4.69) is 20.9 Å². The number of halogens is 2. The summed E-state index contributed by atoms with van der Waals surface area (Å²) in [5.74, 6) is -0.598. The van der Waals surface area contributed by atoms with E-state index in [1.54, 1.807) is 0 Å². The summed E-state index contributed by atoms with van der Waals surface area (Å²) in [5, 5.41) is 0. The Labute approximate surface area is 121 Å². The quantitative estimate of drug-likeness (QED) is 0.910. The summed E-state index contributed by atoms with van der Waals surface area (Å²) < 4.78 is 14.0. The number of Topliss-reactive ketones (excluding diaryl/α,β-unsaturated/α-hetero) is 1. The largest absolute Gasteiger partial charge is 0.328 e. The van der Waals surface area contributed by atoms with Gasteiger partial charge in [-0.25, -0.2) is 9.18 Å². The minimum absolute atomic E-state index is 0.0868. The average molecular weight is 341 g/mol. The van der Waals surface area contributed by atoms with E-state index in [1.165, 1.54) is 30.5 Å². The zero-order valence-electron chi connectivity index (χ0n) is 10.2. The number of ketones is 1. The van der Waals surface area contributed by atoms with Crippen LogP contribution in [0.3, 0.4) is 0 Å². The Morgan fingerprint density at radius 2 is 1.90 bits per heavy atom. The molecule has 0 aliphatic rings. The Morgan fingerprint density at radius 1 is 1.25 bits per heavy atom. The van der Waals surface area contributed by atoms with E-state index in [0.717, 1.165) is 4.57 Å². The van der Waals surface area contributed by atoms with Crippen LogP contribution < -0.4 is 11.2 Å². The molecule has 0 atom stereocenters. The van der Waals surface area contributed by atoms with Crippen LogP contribution in [-0.4, -0.2) is 15.3 Å². The molecule has 0 spiro atoms. The van der Waals surface area contributed by atoms with Crippen LogP contribution in [-0.2, 0) is 17.8 Å². The fraction of sp³-hybridized carbons (Fsp3) is 0.154. The summed E-state index contributed by atoms with van der Waals surface area (Å²) in [6.45, 7) is -0.161. The molecule has 104 valence electrons. The van der Waals surface area contributed by atoms with Gasteiger partial charge in [0.2, 0.25) is 0 Å². The van der Waals surface area contributed by atoms with Crippen LogP contribution >= 0.6 is 15.9 Å². The Morgan fingerprint density at radius 3 is 2.55 bits per heavy atom. The molecule has 0 amide bonds. The van der Waals surface area contributed by atoms with E-state index in [4.69, 9.17) is 0 Å². The van der Waals surface area contributed by atoms with Gasteiger partial charge in [0.15, 0.2) is 5.78 Å². The van der Waals surface area contributed by atoms with Crippen LogP contribution in [0.2, 0.25) is 0 Å². The highest BCUT2D eigenvalue weighted by atomic mass is 79.9. The number of hydrogen-bond acceptors (Lipinski definition) is 3. The number of hydrogen-bond donors (Lipinski definition) is 1. The zero-order valence-corrected chi connectivity index (χ0v) is 11.8. The van der Waals surface area contributed by atoms with E-state index in [9.17, 15) is 18.8 Å². The molecule has 1 aromatic carbocycles. The molecule has 0 bridgehead atoms. The van der Waals surface area contributed by atoms with Gasteiger partial charge in [-0.3, -0.25) is 19.1 Å². The Kier molecular flexibility index (Phi) is 4.29. The summed E-state index contributed by atoms with van der Waals surface area (Å²) in [6, 6.07) is 5.56. The van der Waals surface area contributed by atoms with Crippen molar-refractivity contribution in [2.24, 2.45) is 0 Å². The van der Waals surface area contributed by atoms with Crippen LogP contribution in [0, 0.1) is 5.82 Å². The molecule has 0 saturated carbocycles. The summed E-state index contributed by atoms with van der Waals surface area (Å²) in [4.78, 5) is 36.6. The number of carbonyl (C=O) groups is 1. The van der Waals surface area contributed by atoms with Crippen molar-refractivity contribution in [3.05, 3.63) is 67.2 Å². The number of rotatable bonds is 4. The molecule has 1 N–H and O–H groups in total. The number of H-pyrrole nitrogens is 1. The zero-order chi connectivity index (χ0) is 14.7. The lowest BCUT2D eigenvalue weighted by atomic mass is 10.1. The average Bonchev–Trinajstić information content (AvgIpc) is 2.39. The molecule has 0 unspecified atom stereocenters. The van der Waals surface area contributed by atoms with Gasteiger partial charge in [-0.2, -0.15) is 0 Å². The Bertz CT molecular complexity index is 749. The number of aromatic amines is 1. The van der Waals surface area contributed by atoms with Gasteiger partial charge in [-0.15, -0.1) is 0 Å². The van der Waals surface area contributed by atoms with Crippen LogP contribution in [0.15, 0.2) is 44.5 Å². The number of benzene rings is 1. The van der Waals surface area contributed by atoms with E-state index in [0.29, 0.717) is 5.56 Å². The van der Waals surface area contributed by atoms with E-state index in [-0.39, 0.29) is 29.0 Å². The van der Waals surface area contributed by atoms with Crippen molar-refractivity contribution in [2.45, 2.75) is 13.0 Å². The minimum Gasteiger partial charge on any atom is -0.297 e. The van der Waals surface area contributed by atoms with Crippen molar-refractivity contribution in [2.75, 3.05) is 0 Å². The van der Waals surface area contributed by atoms with Crippen molar-refractivity contribution in [3.63, 3.8) is 0 Å². The first-order valence-corrected chi connectivity index (χ1v) is 6.50. The van der Waals surface area contributed by atoms with E-state index >= 15 is 0 Å². The van der Waals surface area contributed by atoms with E-state index in [1.807, 2.05) is 0 Å². The summed E-state index contributed by atoms with van der Waals surface area (Å²) in [5.41, 5.74) is -0.532. The molecule has 0 radical (unpaired) electrons. The summed E-state index contributed by atoms with van der Waals surface area (Å²) >= 11 is 2.99. The summed E-state index contributed by atoms with van der Waals surface area (Å²) in [7, 11) is 0. The van der Waals surface area contributed by atoms with Crippen molar-refractivity contribution in [3.8, 4) is 0 Å². The monoisotopic (exact) mass is 340 g/mol. The molecule has 0 fully saturated rings. The van der Waals surface area contributed by atoms with Gasteiger partial charge in [0, 0.05) is 12.6 Å². The number of aromatic nitrogens is 2. The molecule has 7 heteroatoms. The summed E-state index contributed by atoms with van der Waals surface area (Å²) in [6.07, 6.45) is 1.35. The van der Waals surface area contributed by atoms with Gasteiger partial charge in [0.25, 0.3) is 5.56 Å². The van der Waals surface area contributed by atoms with Crippen molar-refractivity contribution >= 4 is 21.7 Å². The molecular formula is C13H10BrFN2O3. The second kappa shape index (κ2) is 5.96. The van der Waals surface area contributed by atoms with Gasteiger partial charge in [0.05, 0.1) is 11.0 Å². The third-order valence-corrected chi connectivity index (χ3v) is 3.19. The second-order valence-electron chi connectivity index (χ2n) is 4.21. The van der Waals surface area contributed by atoms with Gasteiger partial charge in [0.1, 0.15) is 5.82 Å². The maximum absolute atomic E-state index is 12.7. The number of carbonyl (C=O) groups excluding carboxylic acids is 1. The van der Waals surface area contributed by atoms with Crippen LogP contribution in [0.1, 0.15) is 5.56 Å². The third-order valence-electron chi connectivity index (χ3n) is 2.63. The molecule has 0 saturated heterocycles. The predicted molar refractivity (Wildman–Crippen MR) is 74.1 cm³/mol. The highest BCUT2D eigenvalue weighted by Crippen LogP contribution is 2.05.